The molecule has 0 saturated carbocycles. The average Bonchev–Trinajstić information content (AvgIpc) is 2.51. The number of nitrogens with zero attached hydrogens (tertiary/aromatic N) is 1. The average molecular weight is 342 g/mol. The van der Waals surface area contributed by atoms with E-state index in [0.717, 1.165) is 30.4 Å². The molecule has 24 heavy (non-hydrogen) atoms. The Labute approximate surface area is 140 Å². The van der Waals surface area contributed by atoms with E-state index in [1.54, 1.807) is 26.1 Å². The van der Waals surface area contributed by atoms with Crippen LogP contribution in [-0.2, 0) is 6.42 Å². The van der Waals surface area contributed by atoms with Crippen molar-refractivity contribution in [2.75, 3.05) is 13.6 Å². The maximum Gasteiger partial charge on any atom is 0.387 e. The number of alkyl halides is 2. The van der Waals surface area contributed by atoms with Crippen molar-refractivity contribution in [2.24, 2.45) is 0 Å². The topological polar surface area (TPSA) is 61.8 Å². The van der Waals surface area contributed by atoms with Gasteiger partial charge in [0.1, 0.15) is 5.75 Å². The van der Waals surface area contributed by atoms with Gasteiger partial charge in [0.05, 0.1) is 12.1 Å². The molecule has 7 heteroatoms. The Morgan fingerprint density at radius 2 is 2.25 bits per heavy atom. The van der Waals surface area contributed by atoms with Crippen molar-refractivity contribution in [1.82, 2.24) is 10.2 Å². The number of nitrogens with one attached hydrogen (secondary N) is 1. The molecule has 0 fully saturated rings. The smallest absolute Gasteiger partial charge is 0.387 e. The zero-order valence-electron chi connectivity index (χ0n) is 14.0. The van der Waals surface area contributed by atoms with Crippen LogP contribution in [0.15, 0.2) is 18.2 Å². The Morgan fingerprint density at radius 3 is 2.92 bits per heavy atom. The highest BCUT2D eigenvalue weighted by Crippen LogP contribution is 2.32. The molecule has 1 aliphatic rings. The number of halogens is 2. The lowest BCUT2D eigenvalue weighted by Gasteiger charge is -2.29. The van der Waals surface area contributed by atoms with E-state index in [1.165, 1.54) is 11.0 Å². The lowest BCUT2D eigenvalue weighted by molar-refractivity contribution is -0.0499. The number of aryl methyl sites for hydroxylation is 1. The standard InChI is InChI=1S/C17H24F2N2O3/c1-11(22)8-9-21(2)17(23)20-15-5-3-4-12-10-13(24-16(18)19)6-7-14(12)15/h6-7,10-11,15-16,22H,3-5,8-9H2,1-2H3,(H,20,23). The van der Waals surface area contributed by atoms with Gasteiger partial charge in [-0.05, 0) is 55.9 Å². The third-order valence-electron chi connectivity index (χ3n) is 4.18. The second kappa shape index (κ2) is 8.28. The molecule has 0 bridgehead atoms. The van der Waals surface area contributed by atoms with Gasteiger partial charge in [0.2, 0.25) is 0 Å². The Hall–Kier alpha value is -1.89. The summed E-state index contributed by atoms with van der Waals surface area (Å²) in [6, 6.07) is 4.52. The zero-order chi connectivity index (χ0) is 17.7. The number of benzene rings is 1. The van der Waals surface area contributed by atoms with Crippen molar-refractivity contribution < 1.29 is 23.4 Å². The Morgan fingerprint density at radius 1 is 1.50 bits per heavy atom. The van der Waals surface area contributed by atoms with Crippen molar-refractivity contribution in [3.05, 3.63) is 29.3 Å². The van der Waals surface area contributed by atoms with Crippen LogP contribution in [0.2, 0.25) is 0 Å². The molecule has 134 valence electrons. The van der Waals surface area contributed by atoms with Gasteiger partial charge in [0.25, 0.3) is 0 Å². The van der Waals surface area contributed by atoms with Crippen LogP contribution in [0.25, 0.3) is 0 Å². The van der Waals surface area contributed by atoms with E-state index in [1.807, 2.05) is 0 Å². The minimum absolute atomic E-state index is 0.143. The molecule has 2 atom stereocenters. The SMILES string of the molecule is CC(O)CCN(C)C(=O)NC1CCCc2cc(OC(F)F)ccc21. The second-order valence-corrected chi connectivity index (χ2v) is 6.19. The molecule has 0 radical (unpaired) electrons. The fraction of sp³-hybridized carbons (Fsp3) is 0.588. The summed E-state index contributed by atoms with van der Waals surface area (Å²) < 4.78 is 29.1. The third kappa shape index (κ3) is 5.06. The summed E-state index contributed by atoms with van der Waals surface area (Å²) in [4.78, 5) is 13.8. The van der Waals surface area contributed by atoms with Gasteiger partial charge in [-0.25, -0.2) is 4.79 Å². The largest absolute Gasteiger partial charge is 0.435 e. The lowest BCUT2D eigenvalue weighted by Crippen LogP contribution is -2.41. The van der Waals surface area contributed by atoms with Gasteiger partial charge >= 0.3 is 12.6 Å². The number of aliphatic hydroxyl groups is 1. The first-order chi connectivity index (χ1) is 11.4. The molecular weight excluding hydrogens is 318 g/mol. The zero-order valence-corrected chi connectivity index (χ0v) is 14.0. The number of carbonyl (C=O) groups excluding carboxylic acids is 1. The number of hydrogen-bond donors (Lipinski definition) is 2. The van der Waals surface area contributed by atoms with Crippen molar-refractivity contribution >= 4 is 6.03 Å². The molecular formula is C17H24F2N2O3. The third-order valence-corrected chi connectivity index (χ3v) is 4.18. The van der Waals surface area contributed by atoms with Crippen LogP contribution < -0.4 is 10.1 Å². The molecule has 2 amide bonds. The van der Waals surface area contributed by atoms with Crippen LogP contribution in [0, 0.1) is 0 Å². The Balaban J connectivity index is 2.02. The van der Waals surface area contributed by atoms with Crippen molar-refractivity contribution in [3.63, 3.8) is 0 Å². The van der Waals surface area contributed by atoms with Crippen molar-refractivity contribution in [1.29, 1.82) is 0 Å². The van der Waals surface area contributed by atoms with E-state index >= 15 is 0 Å². The molecule has 1 aliphatic carbocycles. The van der Waals surface area contributed by atoms with Gasteiger partial charge in [-0.15, -0.1) is 0 Å². The predicted octanol–water partition coefficient (Wildman–Crippen LogP) is 3.08. The summed E-state index contributed by atoms with van der Waals surface area (Å²) >= 11 is 0. The van der Waals surface area contributed by atoms with Gasteiger partial charge < -0.3 is 20.1 Å². The number of carbonyl (C=O) groups is 1. The summed E-state index contributed by atoms with van der Waals surface area (Å²) in [5, 5.41) is 12.3. The number of ether oxygens (including phenoxy) is 1. The molecule has 0 heterocycles. The van der Waals surface area contributed by atoms with Crippen LogP contribution >= 0.6 is 0 Å². The number of fused-ring (bicyclic) bond motifs is 1. The summed E-state index contributed by atoms with van der Waals surface area (Å²) in [6.45, 7) is -0.698. The Kier molecular flexibility index (Phi) is 6.36. The van der Waals surface area contributed by atoms with Crippen LogP contribution in [0.3, 0.4) is 0 Å². The van der Waals surface area contributed by atoms with Gasteiger partial charge in [0, 0.05) is 13.6 Å². The maximum atomic E-state index is 12.3. The number of hydrogen-bond acceptors (Lipinski definition) is 3. The van der Waals surface area contributed by atoms with Crippen LogP contribution in [0.5, 0.6) is 5.75 Å². The second-order valence-electron chi connectivity index (χ2n) is 6.19. The molecule has 1 aromatic rings. The highest BCUT2D eigenvalue weighted by atomic mass is 19.3. The van der Waals surface area contributed by atoms with E-state index in [4.69, 9.17) is 0 Å². The lowest BCUT2D eigenvalue weighted by atomic mass is 9.87. The molecule has 2 rings (SSSR count). The van der Waals surface area contributed by atoms with Gasteiger partial charge in [-0.1, -0.05) is 6.07 Å². The molecule has 0 aromatic heterocycles. The number of urea groups is 1. The normalized spacial score (nSPS) is 18.0. The summed E-state index contributed by atoms with van der Waals surface area (Å²) in [7, 11) is 1.68. The van der Waals surface area contributed by atoms with Crippen LogP contribution in [0.4, 0.5) is 13.6 Å². The van der Waals surface area contributed by atoms with Crippen molar-refractivity contribution in [2.45, 2.75) is 51.4 Å². The number of rotatable bonds is 6. The first kappa shape index (κ1) is 18.4. The van der Waals surface area contributed by atoms with E-state index in [9.17, 15) is 18.7 Å². The van der Waals surface area contributed by atoms with Crippen molar-refractivity contribution in [3.8, 4) is 5.75 Å². The summed E-state index contributed by atoms with van der Waals surface area (Å²) in [5.74, 6) is 0.143. The first-order valence-electron chi connectivity index (χ1n) is 8.14. The molecule has 0 saturated heterocycles. The highest BCUT2D eigenvalue weighted by Gasteiger charge is 2.24. The first-order valence-corrected chi connectivity index (χ1v) is 8.14. The quantitative estimate of drug-likeness (QED) is 0.835. The maximum absolute atomic E-state index is 12.3. The highest BCUT2D eigenvalue weighted by molar-refractivity contribution is 5.74. The van der Waals surface area contributed by atoms with Crippen LogP contribution in [0.1, 0.15) is 43.4 Å². The minimum atomic E-state index is -2.84. The van der Waals surface area contributed by atoms with E-state index in [0.29, 0.717) is 13.0 Å². The van der Waals surface area contributed by atoms with Gasteiger partial charge in [-0.3, -0.25) is 0 Å². The van der Waals surface area contributed by atoms with E-state index in [2.05, 4.69) is 10.1 Å². The minimum Gasteiger partial charge on any atom is -0.435 e. The summed E-state index contributed by atoms with van der Waals surface area (Å²) in [6.07, 6.45) is 2.51. The monoisotopic (exact) mass is 342 g/mol. The van der Waals surface area contributed by atoms with Crippen LogP contribution in [-0.4, -0.2) is 42.3 Å². The fourth-order valence-electron chi connectivity index (χ4n) is 2.86. The van der Waals surface area contributed by atoms with Gasteiger partial charge in [0.15, 0.2) is 0 Å². The van der Waals surface area contributed by atoms with E-state index < -0.39 is 12.7 Å². The number of aliphatic hydroxyl groups excluding tert-OH is 1. The molecule has 2 N–H and O–H groups in total. The molecule has 0 spiro atoms. The molecule has 2 unspecified atom stereocenters. The molecule has 1 aromatic carbocycles. The van der Waals surface area contributed by atoms with Gasteiger partial charge in [-0.2, -0.15) is 8.78 Å². The fourth-order valence-corrected chi connectivity index (χ4v) is 2.86. The Bertz CT molecular complexity index is 567. The predicted molar refractivity (Wildman–Crippen MR) is 86.2 cm³/mol. The molecule has 0 aliphatic heterocycles. The molecule has 5 nitrogen and oxygen atoms in total. The number of amides is 2. The van der Waals surface area contributed by atoms with E-state index in [-0.39, 0.29) is 17.8 Å². The summed E-state index contributed by atoms with van der Waals surface area (Å²) in [5.41, 5.74) is 1.87.